The first kappa shape index (κ1) is 16.9. The third-order valence-electron chi connectivity index (χ3n) is 2.70. The average molecular weight is 316 g/mol. The zero-order chi connectivity index (χ0) is 16.0. The molecule has 0 spiro atoms. The summed E-state index contributed by atoms with van der Waals surface area (Å²) in [6.07, 6.45) is 0. The highest BCUT2D eigenvalue weighted by Gasteiger charge is 2.18. The van der Waals surface area contributed by atoms with Gasteiger partial charge in [0.15, 0.2) is 0 Å². The van der Waals surface area contributed by atoms with E-state index in [1.54, 1.807) is 19.1 Å². The molecule has 3 N–H and O–H groups in total. The van der Waals surface area contributed by atoms with Crippen LogP contribution < -0.4 is 25.4 Å². The van der Waals surface area contributed by atoms with E-state index < -0.39 is 18.0 Å². The van der Waals surface area contributed by atoms with E-state index in [0.29, 0.717) is 22.2 Å². The SMILES string of the molecule is CNC(=O)NC(=O)C(C)Nc1cc(OC)c(Cl)cc1OC. The maximum absolute atomic E-state index is 11.8. The quantitative estimate of drug-likeness (QED) is 0.768. The minimum atomic E-state index is -0.665. The molecular weight excluding hydrogens is 298 g/mol. The predicted octanol–water partition coefficient (Wildman–Crippen LogP) is 1.61. The summed E-state index contributed by atoms with van der Waals surface area (Å²) < 4.78 is 10.3. The van der Waals surface area contributed by atoms with Crippen LogP contribution >= 0.6 is 11.6 Å². The molecule has 1 aromatic rings. The molecule has 21 heavy (non-hydrogen) atoms. The van der Waals surface area contributed by atoms with Gasteiger partial charge < -0.3 is 20.1 Å². The molecule has 0 bridgehead atoms. The van der Waals surface area contributed by atoms with Crippen LogP contribution in [0.15, 0.2) is 12.1 Å². The van der Waals surface area contributed by atoms with Gasteiger partial charge >= 0.3 is 6.03 Å². The summed E-state index contributed by atoms with van der Waals surface area (Å²) in [6, 6.07) is 1.95. The lowest BCUT2D eigenvalue weighted by Crippen LogP contribution is -2.44. The summed E-state index contributed by atoms with van der Waals surface area (Å²) in [6.45, 7) is 1.61. The fraction of sp³-hybridized carbons (Fsp3) is 0.385. The topological polar surface area (TPSA) is 88.7 Å². The second-order valence-corrected chi connectivity index (χ2v) is 4.53. The summed E-state index contributed by atoms with van der Waals surface area (Å²) >= 11 is 6.00. The maximum Gasteiger partial charge on any atom is 0.321 e. The number of urea groups is 1. The van der Waals surface area contributed by atoms with E-state index in [-0.39, 0.29) is 0 Å². The van der Waals surface area contributed by atoms with E-state index >= 15 is 0 Å². The van der Waals surface area contributed by atoms with Crippen molar-refractivity contribution in [2.75, 3.05) is 26.6 Å². The van der Waals surface area contributed by atoms with Crippen molar-refractivity contribution in [1.29, 1.82) is 0 Å². The van der Waals surface area contributed by atoms with Gasteiger partial charge in [-0.1, -0.05) is 11.6 Å². The van der Waals surface area contributed by atoms with Gasteiger partial charge in [-0.15, -0.1) is 0 Å². The second-order valence-electron chi connectivity index (χ2n) is 4.12. The van der Waals surface area contributed by atoms with Gasteiger partial charge in [0.25, 0.3) is 0 Å². The van der Waals surface area contributed by atoms with Crippen molar-refractivity contribution in [3.8, 4) is 11.5 Å². The Morgan fingerprint density at radius 3 is 2.33 bits per heavy atom. The van der Waals surface area contributed by atoms with Crippen molar-refractivity contribution in [2.45, 2.75) is 13.0 Å². The third-order valence-corrected chi connectivity index (χ3v) is 3.00. The van der Waals surface area contributed by atoms with Crippen molar-refractivity contribution in [2.24, 2.45) is 0 Å². The fourth-order valence-corrected chi connectivity index (χ4v) is 1.79. The molecule has 3 amide bonds. The third kappa shape index (κ3) is 4.42. The second kappa shape index (κ2) is 7.58. The van der Waals surface area contributed by atoms with Crippen LogP contribution in [0.1, 0.15) is 6.92 Å². The molecule has 1 aromatic carbocycles. The van der Waals surface area contributed by atoms with Crippen molar-refractivity contribution >= 4 is 29.2 Å². The monoisotopic (exact) mass is 315 g/mol. The number of rotatable bonds is 5. The summed E-state index contributed by atoms with van der Waals surface area (Å²) in [5.74, 6) is 0.421. The van der Waals surface area contributed by atoms with Crippen LogP contribution in [0, 0.1) is 0 Å². The molecule has 0 fully saturated rings. The lowest BCUT2D eigenvalue weighted by molar-refractivity contribution is -0.120. The van der Waals surface area contributed by atoms with Crippen LogP contribution in [0.5, 0.6) is 11.5 Å². The first-order chi connectivity index (χ1) is 9.92. The molecule has 0 heterocycles. The van der Waals surface area contributed by atoms with Gasteiger partial charge in [-0.2, -0.15) is 0 Å². The van der Waals surface area contributed by atoms with E-state index in [1.165, 1.54) is 21.3 Å². The summed E-state index contributed by atoms with van der Waals surface area (Å²) in [5.41, 5.74) is 0.526. The Bertz CT molecular complexity index is 536. The Kier molecular flexibility index (Phi) is 6.10. The van der Waals surface area contributed by atoms with E-state index in [0.717, 1.165) is 0 Å². The van der Waals surface area contributed by atoms with E-state index in [2.05, 4.69) is 16.0 Å². The summed E-state index contributed by atoms with van der Waals surface area (Å²) in [4.78, 5) is 22.9. The molecule has 0 saturated carbocycles. The number of methoxy groups -OCH3 is 2. The van der Waals surface area contributed by atoms with Gasteiger partial charge in [-0.3, -0.25) is 10.1 Å². The number of carbonyl (C=O) groups excluding carboxylic acids is 2. The van der Waals surface area contributed by atoms with E-state index in [4.69, 9.17) is 21.1 Å². The molecular formula is C13H18ClN3O4. The Hall–Kier alpha value is -2.15. The van der Waals surface area contributed by atoms with Crippen LogP contribution in [-0.4, -0.2) is 39.2 Å². The Labute approximate surface area is 127 Å². The fourth-order valence-electron chi connectivity index (χ4n) is 1.55. The molecule has 0 aromatic heterocycles. The lowest BCUT2D eigenvalue weighted by Gasteiger charge is -2.18. The van der Waals surface area contributed by atoms with Gasteiger partial charge in [0, 0.05) is 19.2 Å². The number of carbonyl (C=O) groups is 2. The number of ether oxygens (including phenoxy) is 2. The number of anilines is 1. The average Bonchev–Trinajstić information content (AvgIpc) is 2.47. The lowest BCUT2D eigenvalue weighted by atomic mass is 10.2. The van der Waals surface area contributed by atoms with Crippen LogP contribution in [0.3, 0.4) is 0 Å². The minimum Gasteiger partial charge on any atom is -0.495 e. The van der Waals surface area contributed by atoms with Crippen LogP contribution in [-0.2, 0) is 4.79 Å². The molecule has 7 nitrogen and oxygen atoms in total. The van der Waals surface area contributed by atoms with Gasteiger partial charge in [0.2, 0.25) is 5.91 Å². The molecule has 1 rings (SSSR count). The van der Waals surface area contributed by atoms with Crippen molar-refractivity contribution in [3.05, 3.63) is 17.2 Å². The Balaban J connectivity index is 2.90. The number of hydrogen-bond donors (Lipinski definition) is 3. The molecule has 0 radical (unpaired) electrons. The van der Waals surface area contributed by atoms with Crippen LogP contribution in [0.2, 0.25) is 5.02 Å². The number of halogens is 1. The Morgan fingerprint density at radius 1 is 1.19 bits per heavy atom. The molecule has 1 atom stereocenters. The highest BCUT2D eigenvalue weighted by molar-refractivity contribution is 6.32. The van der Waals surface area contributed by atoms with Gasteiger partial charge in [0.1, 0.15) is 17.5 Å². The molecule has 0 aliphatic rings. The molecule has 8 heteroatoms. The molecule has 116 valence electrons. The zero-order valence-corrected chi connectivity index (χ0v) is 13.0. The molecule has 1 unspecified atom stereocenters. The number of hydrogen-bond acceptors (Lipinski definition) is 5. The smallest absolute Gasteiger partial charge is 0.321 e. The number of amides is 3. The first-order valence-electron chi connectivity index (χ1n) is 6.13. The highest BCUT2D eigenvalue weighted by Crippen LogP contribution is 2.36. The normalized spacial score (nSPS) is 11.3. The minimum absolute atomic E-state index is 0.391. The standard InChI is InChI=1S/C13H18ClN3O4/c1-7(12(18)17-13(19)15-2)16-9-6-10(20-3)8(14)5-11(9)21-4/h5-7,16H,1-4H3,(H2,15,17,18,19). The first-order valence-corrected chi connectivity index (χ1v) is 6.51. The van der Waals surface area contributed by atoms with Crippen molar-refractivity contribution < 1.29 is 19.1 Å². The molecule has 0 aliphatic carbocycles. The van der Waals surface area contributed by atoms with Crippen LogP contribution in [0.4, 0.5) is 10.5 Å². The van der Waals surface area contributed by atoms with Gasteiger partial charge in [-0.05, 0) is 6.92 Å². The predicted molar refractivity (Wildman–Crippen MR) is 80.2 cm³/mol. The molecule has 0 aliphatic heterocycles. The zero-order valence-electron chi connectivity index (χ0n) is 12.2. The maximum atomic E-state index is 11.8. The van der Waals surface area contributed by atoms with Crippen molar-refractivity contribution in [3.63, 3.8) is 0 Å². The molecule has 0 saturated heterocycles. The van der Waals surface area contributed by atoms with Crippen molar-refractivity contribution in [1.82, 2.24) is 10.6 Å². The summed E-state index contributed by atoms with van der Waals surface area (Å²) in [5, 5.41) is 7.81. The number of nitrogens with one attached hydrogen (secondary N) is 3. The summed E-state index contributed by atoms with van der Waals surface area (Å²) in [7, 11) is 4.39. The number of benzene rings is 1. The number of imide groups is 1. The van der Waals surface area contributed by atoms with Gasteiger partial charge in [-0.25, -0.2) is 4.79 Å². The highest BCUT2D eigenvalue weighted by atomic mass is 35.5. The van der Waals surface area contributed by atoms with E-state index in [9.17, 15) is 9.59 Å². The van der Waals surface area contributed by atoms with Crippen LogP contribution in [0.25, 0.3) is 0 Å². The van der Waals surface area contributed by atoms with Gasteiger partial charge in [0.05, 0.1) is 24.9 Å². The Morgan fingerprint density at radius 2 is 1.81 bits per heavy atom. The largest absolute Gasteiger partial charge is 0.495 e. The van der Waals surface area contributed by atoms with E-state index in [1.807, 2.05) is 0 Å².